The van der Waals surface area contributed by atoms with E-state index < -0.39 is 0 Å². The molecule has 1 aliphatic heterocycles. The summed E-state index contributed by atoms with van der Waals surface area (Å²) in [6, 6.07) is 9.62. The Hall–Kier alpha value is -2.04. The van der Waals surface area contributed by atoms with E-state index in [1.54, 1.807) is 4.90 Å². The third kappa shape index (κ3) is 4.12. The van der Waals surface area contributed by atoms with Crippen molar-refractivity contribution >= 4 is 17.6 Å². The molecule has 2 saturated carbocycles. The summed E-state index contributed by atoms with van der Waals surface area (Å²) in [5.74, 6) is 2.38. The van der Waals surface area contributed by atoms with Gasteiger partial charge in [-0.3, -0.25) is 4.79 Å². The number of hydrogen-bond donors (Lipinski definition) is 2. The summed E-state index contributed by atoms with van der Waals surface area (Å²) in [5.41, 5.74) is 0.791. The van der Waals surface area contributed by atoms with Gasteiger partial charge in [0.15, 0.2) is 0 Å². The first-order valence-electron chi connectivity index (χ1n) is 10.5. The molecule has 5 atom stereocenters. The van der Waals surface area contributed by atoms with Crippen molar-refractivity contribution in [2.24, 2.45) is 23.7 Å². The Kier molecular flexibility index (Phi) is 5.37. The van der Waals surface area contributed by atoms with E-state index in [2.05, 4.69) is 17.6 Å². The Balaban J connectivity index is 1.29. The normalized spacial score (nSPS) is 30.8. The number of likely N-dealkylation sites (tertiary alicyclic amines) is 1. The summed E-state index contributed by atoms with van der Waals surface area (Å²) in [5, 5.41) is 6.22. The van der Waals surface area contributed by atoms with Crippen LogP contribution >= 0.6 is 0 Å². The van der Waals surface area contributed by atoms with Gasteiger partial charge >= 0.3 is 6.03 Å². The molecule has 27 heavy (non-hydrogen) atoms. The highest BCUT2D eigenvalue weighted by Gasteiger charge is 2.42. The van der Waals surface area contributed by atoms with E-state index in [4.69, 9.17) is 0 Å². The number of anilines is 1. The van der Waals surface area contributed by atoms with Crippen molar-refractivity contribution in [2.45, 2.75) is 51.5 Å². The lowest BCUT2D eigenvalue weighted by molar-refractivity contribution is -0.127. The third-order valence-corrected chi connectivity index (χ3v) is 6.91. The molecule has 1 aromatic rings. The Morgan fingerprint density at radius 1 is 1.11 bits per heavy atom. The number of para-hydroxylation sites is 1. The number of hydrogen-bond acceptors (Lipinski definition) is 2. The van der Waals surface area contributed by atoms with E-state index in [0.717, 1.165) is 30.4 Å². The molecule has 1 aromatic carbocycles. The second-order valence-corrected chi connectivity index (χ2v) is 8.72. The lowest BCUT2D eigenvalue weighted by atomic mass is 9.83. The van der Waals surface area contributed by atoms with Crippen LogP contribution < -0.4 is 10.6 Å². The van der Waals surface area contributed by atoms with Gasteiger partial charge in [-0.05, 0) is 68.9 Å². The molecular weight excluding hydrogens is 338 g/mol. The number of urea groups is 1. The molecule has 3 aliphatic rings. The topological polar surface area (TPSA) is 61.4 Å². The number of benzene rings is 1. The van der Waals surface area contributed by atoms with Crippen LogP contribution in [0, 0.1) is 23.7 Å². The van der Waals surface area contributed by atoms with Crippen molar-refractivity contribution in [1.29, 1.82) is 0 Å². The highest BCUT2D eigenvalue weighted by atomic mass is 16.2. The highest BCUT2D eigenvalue weighted by molar-refractivity contribution is 5.90. The second-order valence-electron chi connectivity index (χ2n) is 8.72. The van der Waals surface area contributed by atoms with E-state index in [1.807, 2.05) is 30.3 Å². The molecule has 5 heteroatoms. The summed E-state index contributed by atoms with van der Waals surface area (Å²) in [6.45, 7) is 3.39. The number of nitrogens with one attached hydrogen (secondary N) is 2. The minimum absolute atomic E-state index is 0.0960. The molecular formula is C22H31N3O2. The fourth-order valence-electron chi connectivity index (χ4n) is 5.46. The van der Waals surface area contributed by atoms with Gasteiger partial charge in [-0.1, -0.05) is 24.6 Å². The Morgan fingerprint density at radius 3 is 2.63 bits per heavy atom. The molecule has 1 saturated heterocycles. The van der Waals surface area contributed by atoms with Crippen molar-refractivity contribution in [3.63, 3.8) is 0 Å². The number of carbonyl (C=O) groups excluding carboxylic acids is 2. The average molecular weight is 370 g/mol. The lowest BCUT2D eigenvalue weighted by Gasteiger charge is -2.34. The van der Waals surface area contributed by atoms with Crippen LogP contribution in [0.3, 0.4) is 0 Å². The Labute approximate surface area is 161 Å². The average Bonchev–Trinajstić information content (AvgIpc) is 3.32. The predicted octanol–water partition coefficient (Wildman–Crippen LogP) is 3.87. The molecule has 4 rings (SSSR count). The fourth-order valence-corrected chi connectivity index (χ4v) is 5.46. The maximum Gasteiger partial charge on any atom is 0.321 e. The van der Waals surface area contributed by atoms with Crippen LogP contribution in [0.4, 0.5) is 10.5 Å². The molecule has 3 amide bonds. The molecule has 5 nitrogen and oxygen atoms in total. The zero-order valence-corrected chi connectivity index (χ0v) is 16.2. The number of carbonyl (C=O) groups is 2. The third-order valence-electron chi connectivity index (χ3n) is 6.91. The van der Waals surface area contributed by atoms with Crippen molar-refractivity contribution in [2.75, 3.05) is 18.4 Å². The molecule has 0 aromatic heterocycles. The van der Waals surface area contributed by atoms with Gasteiger partial charge in [0.1, 0.15) is 0 Å². The summed E-state index contributed by atoms with van der Waals surface area (Å²) in [7, 11) is 0. The van der Waals surface area contributed by atoms with E-state index in [-0.39, 0.29) is 23.9 Å². The molecule has 1 heterocycles. The van der Waals surface area contributed by atoms with Crippen LogP contribution in [-0.2, 0) is 4.79 Å². The first kappa shape index (κ1) is 18.3. The highest BCUT2D eigenvalue weighted by Crippen LogP contribution is 2.49. The minimum atomic E-state index is -0.111. The van der Waals surface area contributed by atoms with Crippen molar-refractivity contribution in [1.82, 2.24) is 10.2 Å². The van der Waals surface area contributed by atoms with Gasteiger partial charge in [0, 0.05) is 24.8 Å². The summed E-state index contributed by atoms with van der Waals surface area (Å²) in [4.78, 5) is 27.1. The smallest absolute Gasteiger partial charge is 0.321 e. The zero-order chi connectivity index (χ0) is 18.8. The largest absolute Gasteiger partial charge is 0.353 e. The standard InChI is InChI=1S/C22H31N3O2/c1-15(20-13-16-9-10-17(20)12-16)23-21(26)18-6-5-11-25(14-18)22(27)24-19-7-3-2-4-8-19/h2-4,7-8,15-18,20H,5-6,9-14H2,1H3,(H,23,26)(H,24,27)/t15-,16-,17-,18-,20+/m0/s1. The fraction of sp³-hybridized carbons (Fsp3) is 0.636. The van der Waals surface area contributed by atoms with E-state index in [9.17, 15) is 9.59 Å². The van der Waals surface area contributed by atoms with Crippen LogP contribution in [0.15, 0.2) is 30.3 Å². The van der Waals surface area contributed by atoms with E-state index in [1.165, 1.54) is 25.7 Å². The monoisotopic (exact) mass is 369 g/mol. The first-order chi connectivity index (χ1) is 13.1. The Morgan fingerprint density at radius 2 is 1.93 bits per heavy atom. The van der Waals surface area contributed by atoms with Crippen LogP contribution in [-0.4, -0.2) is 36.0 Å². The molecule has 3 fully saturated rings. The number of fused-ring (bicyclic) bond motifs is 2. The number of rotatable bonds is 4. The van der Waals surface area contributed by atoms with E-state index >= 15 is 0 Å². The number of nitrogens with zero attached hydrogens (tertiary/aromatic N) is 1. The van der Waals surface area contributed by atoms with Gasteiger partial charge in [0.25, 0.3) is 0 Å². The van der Waals surface area contributed by atoms with Gasteiger partial charge in [-0.2, -0.15) is 0 Å². The van der Waals surface area contributed by atoms with Gasteiger partial charge < -0.3 is 15.5 Å². The number of piperidine rings is 1. The first-order valence-corrected chi connectivity index (χ1v) is 10.5. The summed E-state index contributed by atoms with van der Waals surface area (Å²) >= 11 is 0. The van der Waals surface area contributed by atoms with Gasteiger partial charge in [0.2, 0.25) is 5.91 Å². The second kappa shape index (κ2) is 7.91. The van der Waals surface area contributed by atoms with Gasteiger partial charge in [-0.15, -0.1) is 0 Å². The molecule has 2 N–H and O–H groups in total. The Bertz CT molecular complexity index is 677. The molecule has 0 radical (unpaired) electrons. The van der Waals surface area contributed by atoms with Crippen LogP contribution in [0.2, 0.25) is 0 Å². The number of amides is 3. The lowest BCUT2D eigenvalue weighted by Crippen LogP contribution is -2.49. The molecule has 0 spiro atoms. The van der Waals surface area contributed by atoms with Crippen LogP contribution in [0.5, 0.6) is 0 Å². The maximum atomic E-state index is 12.8. The van der Waals surface area contributed by atoms with Gasteiger partial charge in [0.05, 0.1) is 5.92 Å². The predicted molar refractivity (Wildman–Crippen MR) is 106 cm³/mol. The SMILES string of the molecule is C[C@H](NC(=O)[C@H]1CCCN(C(=O)Nc2ccccc2)C1)[C@H]1C[C@H]2CC[C@H]1C2. The zero-order valence-electron chi connectivity index (χ0n) is 16.2. The van der Waals surface area contributed by atoms with Crippen LogP contribution in [0.25, 0.3) is 0 Å². The summed E-state index contributed by atoms with van der Waals surface area (Å²) in [6.07, 6.45) is 7.11. The molecule has 2 bridgehead atoms. The molecule has 0 unspecified atom stereocenters. The van der Waals surface area contributed by atoms with E-state index in [0.29, 0.717) is 19.0 Å². The molecule has 2 aliphatic carbocycles. The van der Waals surface area contributed by atoms with Crippen molar-refractivity contribution in [3.05, 3.63) is 30.3 Å². The van der Waals surface area contributed by atoms with Gasteiger partial charge in [-0.25, -0.2) is 4.79 Å². The van der Waals surface area contributed by atoms with Crippen LogP contribution in [0.1, 0.15) is 45.4 Å². The quantitative estimate of drug-likeness (QED) is 0.846. The molecule has 146 valence electrons. The van der Waals surface area contributed by atoms with Crippen molar-refractivity contribution < 1.29 is 9.59 Å². The summed E-state index contributed by atoms with van der Waals surface area (Å²) < 4.78 is 0. The van der Waals surface area contributed by atoms with Crippen molar-refractivity contribution in [3.8, 4) is 0 Å². The maximum absolute atomic E-state index is 12.8. The minimum Gasteiger partial charge on any atom is -0.353 e.